The van der Waals surface area contributed by atoms with Crippen LogP contribution >= 0.6 is 0 Å². The molecule has 0 aliphatic rings. The number of pyridine rings is 1. The Hall–Kier alpha value is -1.25. The molecule has 0 saturated carbocycles. The van der Waals surface area contributed by atoms with Crippen molar-refractivity contribution in [1.82, 2.24) is 4.98 Å². The molecular weight excluding hydrogens is 178 g/mol. The zero-order valence-electron chi connectivity index (χ0n) is 8.82. The van der Waals surface area contributed by atoms with Gasteiger partial charge in [-0.3, -0.25) is 4.98 Å². The second kappa shape index (κ2) is 6.24. The fourth-order valence-electron chi connectivity index (χ4n) is 1.02. The Kier molecular flexibility index (Phi) is 4.83. The molecule has 1 aromatic rings. The Morgan fingerprint density at radius 3 is 2.36 bits per heavy atom. The molecule has 0 unspecified atom stereocenters. The van der Waals surface area contributed by atoms with Crippen LogP contribution in [0, 0.1) is 0 Å². The molecule has 0 aliphatic carbocycles. The average molecular weight is 195 g/mol. The monoisotopic (exact) mass is 195 g/mol. The fourth-order valence-corrected chi connectivity index (χ4v) is 1.02. The van der Waals surface area contributed by atoms with E-state index in [9.17, 15) is 0 Å². The van der Waals surface area contributed by atoms with Crippen LogP contribution in [0.1, 0.15) is 26.7 Å². The van der Waals surface area contributed by atoms with Gasteiger partial charge < -0.3 is 9.47 Å². The Morgan fingerprint density at radius 2 is 1.71 bits per heavy atom. The van der Waals surface area contributed by atoms with E-state index in [0.29, 0.717) is 13.2 Å². The largest absolute Gasteiger partial charge is 0.490 e. The molecule has 3 nitrogen and oxygen atoms in total. The molecule has 0 spiro atoms. The lowest BCUT2D eigenvalue weighted by molar-refractivity contribution is 0.267. The number of aromatic nitrogens is 1. The lowest BCUT2D eigenvalue weighted by Crippen LogP contribution is -2.01. The summed E-state index contributed by atoms with van der Waals surface area (Å²) in [6, 6.07) is 1.83. The molecule has 0 radical (unpaired) electrons. The van der Waals surface area contributed by atoms with Gasteiger partial charge in [-0.1, -0.05) is 13.8 Å². The molecule has 0 saturated heterocycles. The van der Waals surface area contributed by atoms with Crippen molar-refractivity contribution in [2.24, 2.45) is 0 Å². The Labute approximate surface area is 85.1 Å². The second-order valence-corrected chi connectivity index (χ2v) is 3.02. The molecule has 1 aromatic heterocycles. The van der Waals surface area contributed by atoms with Crippen LogP contribution in [0.15, 0.2) is 18.5 Å². The number of ether oxygens (including phenoxy) is 2. The first-order valence-corrected chi connectivity index (χ1v) is 5.08. The topological polar surface area (TPSA) is 31.4 Å². The van der Waals surface area contributed by atoms with Crippen molar-refractivity contribution in [3.05, 3.63) is 18.5 Å². The van der Waals surface area contributed by atoms with Crippen molar-refractivity contribution in [2.45, 2.75) is 26.7 Å². The first-order chi connectivity index (χ1) is 6.88. The van der Waals surface area contributed by atoms with E-state index >= 15 is 0 Å². The highest BCUT2D eigenvalue weighted by molar-refractivity contribution is 5.36. The minimum absolute atomic E-state index is 0.703. The van der Waals surface area contributed by atoms with E-state index in [1.54, 1.807) is 12.4 Å². The standard InChI is InChI=1S/C11H17NO2/c1-3-7-13-10-5-6-12-9-11(10)14-8-4-2/h5-6,9H,3-4,7-8H2,1-2H3. The lowest BCUT2D eigenvalue weighted by atomic mass is 10.4. The highest BCUT2D eigenvalue weighted by Crippen LogP contribution is 2.25. The number of rotatable bonds is 6. The van der Waals surface area contributed by atoms with Gasteiger partial charge in [0.05, 0.1) is 19.4 Å². The summed E-state index contributed by atoms with van der Waals surface area (Å²) in [5.41, 5.74) is 0. The van der Waals surface area contributed by atoms with E-state index < -0.39 is 0 Å². The van der Waals surface area contributed by atoms with Gasteiger partial charge in [-0.15, -0.1) is 0 Å². The van der Waals surface area contributed by atoms with E-state index in [1.807, 2.05) is 6.07 Å². The van der Waals surface area contributed by atoms with Crippen molar-refractivity contribution in [2.75, 3.05) is 13.2 Å². The maximum atomic E-state index is 5.52. The zero-order chi connectivity index (χ0) is 10.2. The van der Waals surface area contributed by atoms with Crippen molar-refractivity contribution >= 4 is 0 Å². The summed E-state index contributed by atoms with van der Waals surface area (Å²) in [4.78, 5) is 4.00. The van der Waals surface area contributed by atoms with Crippen LogP contribution in [0.4, 0.5) is 0 Å². The maximum absolute atomic E-state index is 5.52. The molecule has 0 amide bonds. The molecule has 1 heterocycles. The van der Waals surface area contributed by atoms with Gasteiger partial charge in [0.1, 0.15) is 0 Å². The first kappa shape index (κ1) is 10.8. The molecular formula is C11H17NO2. The Morgan fingerprint density at radius 1 is 1.07 bits per heavy atom. The van der Waals surface area contributed by atoms with Gasteiger partial charge in [0.15, 0.2) is 11.5 Å². The summed E-state index contributed by atoms with van der Waals surface area (Å²) >= 11 is 0. The normalized spacial score (nSPS) is 9.86. The Bertz CT molecular complexity index is 236. The summed E-state index contributed by atoms with van der Waals surface area (Å²) in [6.07, 6.45) is 5.39. The molecule has 78 valence electrons. The summed E-state index contributed by atoms with van der Waals surface area (Å²) in [5, 5.41) is 0. The van der Waals surface area contributed by atoms with Crippen molar-refractivity contribution in [1.29, 1.82) is 0 Å². The number of hydrogen-bond donors (Lipinski definition) is 0. The molecule has 0 bridgehead atoms. The molecule has 1 rings (SSSR count). The van der Waals surface area contributed by atoms with Gasteiger partial charge in [-0.2, -0.15) is 0 Å². The van der Waals surface area contributed by atoms with Gasteiger partial charge in [-0.05, 0) is 12.8 Å². The molecule has 14 heavy (non-hydrogen) atoms. The van der Waals surface area contributed by atoms with E-state index in [4.69, 9.17) is 9.47 Å². The maximum Gasteiger partial charge on any atom is 0.179 e. The van der Waals surface area contributed by atoms with Gasteiger partial charge in [0.25, 0.3) is 0 Å². The van der Waals surface area contributed by atoms with Crippen LogP contribution < -0.4 is 9.47 Å². The predicted molar refractivity (Wildman–Crippen MR) is 55.8 cm³/mol. The minimum atomic E-state index is 0.703. The number of hydrogen-bond acceptors (Lipinski definition) is 3. The lowest BCUT2D eigenvalue weighted by Gasteiger charge is -2.10. The highest BCUT2D eigenvalue weighted by Gasteiger charge is 2.03. The third kappa shape index (κ3) is 3.24. The molecule has 0 N–H and O–H groups in total. The fraction of sp³-hybridized carbons (Fsp3) is 0.545. The van der Waals surface area contributed by atoms with Gasteiger partial charge in [0, 0.05) is 12.3 Å². The highest BCUT2D eigenvalue weighted by atomic mass is 16.5. The van der Waals surface area contributed by atoms with Gasteiger partial charge >= 0.3 is 0 Å². The molecule has 0 atom stereocenters. The van der Waals surface area contributed by atoms with Crippen molar-refractivity contribution < 1.29 is 9.47 Å². The molecule has 0 fully saturated rings. The Balaban J connectivity index is 2.60. The minimum Gasteiger partial charge on any atom is -0.490 e. The third-order valence-electron chi connectivity index (χ3n) is 1.67. The molecule has 0 aromatic carbocycles. The summed E-state index contributed by atoms with van der Waals surface area (Å²) in [6.45, 7) is 5.57. The quantitative estimate of drug-likeness (QED) is 0.699. The third-order valence-corrected chi connectivity index (χ3v) is 1.67. The van der Waals surface area contributed by atoms with E-state index in [0.717, 1.165) is 24.3 Å². The van der Waals surface area contributed by atoms with E-state index in [2.05, 4.69) is 18.8 Å². The molecule has 0 aliphatic heterocycles. The van der Waals surface area contributed by atoms with Gasteiger partial charge in [0.2, 0.25) is 0 Å². The second-order valence-electron chi connectivity index (χ2n) is 3.02. The van der Waals surface area contributed by atoms with Crippen LogP contribution in [0.2, 0.25) is 0 Å². The van der Waals surface area contributed by atoms with Crippen LogP contribution in [-0.4, -0.2) is 18.2 Å². The van der Waals surface area contributed by atoms with E-state index in [1.165, 1.54) is 0 Å². The van der Waals surface area contributed by atoms with Crippen LogP contribution in [0.3, 0.4) is 0 Å². The smallest absolute Gasteiger partial charge is 0.179 e. The zero-order valence-corrected chi connectivity index (χ0v) is 8.82. The predicted octanol–water partition coefficient (Wildman–Crippen LogP) is 2.66. The average Bonchev–Trinajstić information content (AvgIpc) is 2.24. The van der Waals surface area contributed by atoms with Crippen molar-refractivity contribution in [3.63, 3.8) is 0 Å². The molecule has 3 heteroatoms. The first-order valence-electron chi connectivity index (χ1n) is 5.08. The summed E-state index contributed by atoms with van der Waals surface area (Å²) < 4.78 is 11.0. The van der Waals surface area contributed by atoms with Crippen LogP contribution in [-0.2, 0) is 0 Å². The van der Waals surface area contributed by atoms with Crippen LogP contribution in [0.5, 0.6) is 11.5 Å². The summed E-state index contributed by atoms with van der Waals surface area (Å²) in [5.74, 6) is 1.53. The van der Waals surface area contributed by atoms with Gasteiger partial charge in [-0.25, -0.2) is 0 Å². The number of nitrogens with zero attached hydrogens (tertiary/aromatic N) is 1. The summed E-state index contributed by atoms with van der Waals surface area (Å²) in [7, 11) is 0. The van der Waals surface area contributed by atoms with E-state index in [-0.39, 0.29) is 0 Å². The van der Waals surface area contributed by atoms with Crippen LogP contribution in [0.25, 0.3) is 0 Å². The van der Waals surface area contributed by atoms with Crippen molar-refractivity contribution in [3.8, 4) is 11.5 Å². The SMILES string of the molecule is CCCOc1ccncc1OCCC.